The third-order valence-corrected chi connectivity index (χ3v) is 3.82. The van der Waals surface area contributed by atoms with Crippen LogP contribution in [0.4, 0.5) is 0 Å². The molecule has 0 aromatic carbocycles. The van der Waals surface area contributed by atoms with Crippen molar-refractivity contribution >= 4 is 0 Å². The highest BCUT2D eigenvalue weighted by Crippen LogP contribution is 2.60. The number of hydrogen-bond acceptors (Lipinski definition) is 2. The predicted octanol–water partition coefficient (Wildman–Crippen LogP) is 1.93. The Kier molecular flexibility index (Phi) is 3.45. The van der Waals surface area contributed by atoms with Crippen LogP contribution in [0.2, 0.25) is 0 Å². The summed E-state index contributed by atoms with van der Waals surface area (Å²) in [6.45, 7) is 2.76. The lowest BCUT2D eigenvalue weighted by atomic mass is 10.0. The van der Waals surface area contributed by atoms with Crippen molar-refractivity contribution in [3.8, 4) is 0 Å². The van der Waals surface area contributed by atoms with Crippen LogP contribution in [0.5, 0.6) is 0 Å². The van der Waals surface area contributed by atoms with E-state index in [-0.39, 0.29) is 0 Å². The van der Waals surface area contributed by atoms with Gasteiger partial charge in [-0.2, -0.15) is 0 Å². The van der Waals surface area contributed by atoms with Crippen LogP contribution >= 0.6 is 0 Å². The van der Waals surface area contributed by atoms with Gasteiger partial charge in [0, 0.05) is 13.2 Å². The van der Waals surface area contributed by atoms with Gasteiger partial charge in [0.25, 0.3) is 0 Å². The van der Waals surface area contributed by atoms with Crippen LogP contribution in [-0.4, -0.2) is 24.8 Å². The minimum atomic E-state index is 0.353. The maximum absolute atomic E-state index is 8.62. The third kappa shape index (κ3) is 2.71. The second-order valence-electron chi connectivity index (χ2n) is 5.10. The fourth-order valence-electron chi connectivity index (χ4n) is 2.46. The first-order valence-electron chi connectivity index (χ1n) is 6.19. The van der Waals surface area contributed by atoms with Gasteiger partial charge in [0.1, 0.15) is 0 Å². The Hall–Kier alpha value is -0.0800. The van der Waals surface area contributed by atoms with Crippen LogP contribution < -0.4 is 5.32 Å². The fraction of sp³-hybridized carbons (Fsp3) is 1.00. The van der Waals surface area contributed by atoms with Gasteiger partial charge in [-0.3, -0.25) is 0 Å². The van der Waals surface area contributed by atoms with Crippen LogP contribution in [0.1, 0.15) is 44.9 Å². The number of nitrogens with one attached hydrogen (secondary N) is 1. The molecule has 2 nitrogen and oxygen atoms in total. The SMILES string of the molecule is OCCCCCNCC1(C2CC2)CC1. The molecule has 0 bridgehead atoms. The van der Waals surface area contributed by atoms with E-state index in [0.717, 1.165) is 24.3 Å². The Labute approximate surface area is 87.1 Å². The molecule has 2 rings (SSSR count). The quantitative estimate of drug-likeness (QED) is 0.583. The van der Waals surface area contributed by atoms with Crippen molar-refractivity contribution < 1.29 is 5.11 Å². The van der Waals surface area contributed by atoms with E-state index in [0.29, 0.717) is 6.61 Å². The highest BCUT2D eigenvalue weighted by atomic mass is 16.2. The summed E-state index contributed by atoms with van der Waals surface area (Å²) >= 11 is 0. The minimum absolute atomic E-state index is 0.353. The monoisotopic (exact) mass is 197 g/mol. The topological polar surface area (TPSA) is 32.3 Å². The molecule has 0 radical (unpaired) electrons. The summed E-state index contributed by atoms with van der Waals surface area (Å²) in [6.07, 6.45) is 9.29. The number of aliphatic hydroxyl groups is 1. The Balaban J connectivity index is 1.47. The molecule has 0 aliphatic heterocycles. The maximum Gasteiger partial charge on any atom is 0.0431 e. The second-order valence-corrected chi connectivity index (χ2v) is 5.10. The zero-order valence-electron chi connectivity index (χ0n) is 9.10. The Morgan fingerprint density at radius 3 is 2.50 bits per heavy atom. The number of hydrogen-bond donors (Lipinski definition) is 2. The van der Waals surface area contributed by atoms with E-state index in [1.807, 2.05) is 0 Å². The highest BCUT2D eigenvalue weighted by molar-refractivity contribution is 5.04. The Morgan fingerprint density at radius 2 is 1.93 bits per heavy atom. The zero-order chi connectivity index (χ0) is 9.86. The fourth-order valence-corrected chi connectivity index (χ4v) is 2.46. The second kappa shape index (κ2) is 4.63. The van der Waals surface area contributed by atoms with E-state index in [1.165, 1.54) is 45.1 Å². The third-order valence-electron chi connectivity index (χ3n) is 3.82. The summed E-state index contributed by atoms with van der Waals surface area (Å²) in [7, 11) is 0. The molecule has 0 amide bonds. The predicted molar refractivity (Wildman–Crippen MR) is 58.2 cm³/mol. The molecular formula is C12H23NO. The lowest BCUT2D eigenvalue weighted by Crippen LogP contribution is -2.26. The minimum Gasteiger partial charge on any atom is -0.396 e. The molecule has 0 aromatic rings. The molecule has 2 fully saturated rings. The van der Waals surface area contributed by atoms with Crippen molar-refractivity contribution in [1.82, 2.24) is 5.32 Å². The average molecular weight is 197 g/mol. The van der Waals surface area contributed by atoms with Crippen molar-refractivity contribution in [1.29, 1.82) is 0 Å². The molecule has 0 heterocycles. The molecule has 0 spiro atoms. The van der Waals surface area contributed by atoms with Gasteiger partial charge in [0.15, 0.2) is 0 Å². The molecular weight excluding hydrogens is 174 g/mol. The summed E-state index contributed by atoms with van der Waals surface area (Å²) in [5.41, 5.74) is 0.747. The largest absolute Gasteiger partial charge is 0.396 e. The molecule has 82 valence electrons. The number of aliphatic hydroxyl groups excluding tert-OH is 1. The molecule has 2 aliphatic rings. The molecule has 0 unspecified atom stereocenters. The molecule has 0 aromatic heterocycles. The normalized spacial score (nSPS) is 23.8. The van der Waals surface area contributed by atoms with Crippen LogP contribution in [0.3, 0.4) is 0 Å². The van der Waals surface area contributed by atoms with E-state index >= 15 is 0 Å². The molecule has 2 N–H and O–H groups in total. The first-order chi connectivity index (χ1) is 6.87. The van der Waals surface area contributed by atoms with E-state index < -0.39 is 0 Å². The summed E-state index contributed by atoms with van der Waals surface area (Å²) in [6, 6.07) is 0. The smallest absolute Gasteiger partial charge is 0.0431 e. The van der Waals surface area contributed by atoms with Crippen molar-refractivity contribution in [3.63, 3.8) is 0 Å². The highest BCUT2D eigenvalue weighted by Gasteiger charge is 2.52. The number of rotatable bonds is 8. The van der Waals surface area contributed by atoms with Gasteiger partial charge in [-0.1, -0.05) is 0 Å². The van der Waals surface area contributed by atoms with Crippen LogP contribution in [0.15, 0.2) is 0 Å². The van der Waals surface area contributed by atoms with Gasteiger partial charge in [-0.05, 0) is 62.8 Å². The molecule has 2 saturated carbocycles. The molecule has 14 heavy (non-hydrogen) atoms. The van der Waals surface area contributed by atoms with Crippen molar-refractivity contribution in [2.75, 3.05) is 19.7 Å². The van der Waals surface area contributed by atoms with Gasteiger partial charge in [0.05, 0.1) is 0 Å². The molecule has 0 atom stereocenters. The van der Waals surface area contributed by atoms with Gasteiger partial charge in [-0.15, -0.1) is 0 Å². The van der Waals surface area contributed by atoms with Crippen LogP contribution in [-0.2, 0) is 0 Å². The molecule has 0 saturated heterocycles. The average Bonchev–Trinajstić information content (AvgIpc) is 3.03. The lowest BCUT2D eigenvalue weighted by Gasteiger charge is -2.14. The summed E-state index contributed by atoms with van der Waals surface area (Å²) in [5.74, 6) is 1.08. The lowest BCUT2D eigenvalue weighted by molar-refractivity contribution is 0.282. The van der Waals surface area contributed by atoms with E-state index in [9.17, 15) is 0 Å². The van der Waals surface area contributed by atoms with E-state index in [1.54, 1.807) is 0 Å². The van der Waals surface area contributed by atoms with Crippen LogP contribution in [0, 0.1) is 11.3 Å². The molecule has 2 heteroatoms. The van der Waals surface area contributed by atoms with Gasteiger partial charge < -0.3 is 10.4 Å². The summed E-state index contributed by atoms with van der Waals surface area (Å²) in [5, 5.41) is 12.2. The maximum atomic E-state index is 8.62. The van der Waals surface area contributed by atoms with Crippen LogP contribution in [0.25, 0.3) is 0 Å². The standard InChI is InChI=1S/C12H23NO/c14-9-3-1-2-8-13-10-12(6-7-12)11-4-5-11/h11,13-14H,1-10H2. The number of unbranched alkanes of at least 4 members (excludes halogenated alkanes) is 2. The first-order valence-corrected chi connectivity index (χ1v) is 6.19. The Morgan fingerprint density at radius 1 is 1.14 bits per heavy atom. The van der Waals surface area contributed by atoms with Crippen molar-refractivity contribution in [2.45, 2.75) is 44.9 Å². The summed E-state index contributed by atoms with van der Waals surface area (Å²) in [4.78, 5) is 0. The summed E-state index contributed by atoms with van der Waals surface area (Å²) < 4.78 is 0. The van der Waals surface area contributed by atoms with Crippen molar-refractivity contribution in [2.24, 2.45) is 11.3 Å². The van der Waals surface area contributed by atoms with Gasteiger partial charge >= 0.3 is 0 Å². The first kappa shape index (κ1) is 10.4. The van der Waals surface area contributed by atoms with Crippen molar-refractivity contribution in [3.05, 3.63) is 0 Å². The Bertz CT molecular complexity index is 173. The van der Waals surface area contributed by atoms with Gasteiger partial charge in [-0.25, -0.2) is 0 Å². The van der Waals surface area contributed by atoms with E-state index in [4.69, 9.17) is 5.11 Å². The zero-order valence-corrected chi connectivity index (χ0v) is 9.10. The molecule has 2 aliphatic carbocycles. The van der Waals surface area contributed by atoms with Gasteiger partial charge in [0.2, 0.25) is 0 Å². The van der Waals surface area contributed by atoms with E-state index in [2.05, 4.69) is 5.32 Å².